The van der Waals surface area contributed by atoms with Crippen LogP contribution in [-0.4, -0.2) is 20.2 Å². The third kappa shape index (κ3) is 2.98. The van der Waals surface area contributed by atoms with E-state index in [1.165, 1.54) is 0 Å². The van der Waals surface area contributed by atoms with Crippen LogP contribution in [-0.2, 0) is 0 Å². The molecule has 96 valence electrons. The fraction of sp³-hybridized carbons (Fsp3) is 0.417. The fourth-order valence-electron chi connectivity index (χ4n) is 1.57. The second-order valence-electron chi connectivity index (χ2n) is 4.49. The predicted molar refractivity (Wildman–Crippen MR) is 71.8 cm³/mol. The Morgan fingerprint density at radius 2 is 2.06 bits per heavy atom. The van der Waals surface area contributed by atoms with E-state index < -0.39 is 0 Å². The normalized spacial score (nSPS) is 12.7. The van der Waals surface area contributed by atoms with Gasteiger partial charge in [0, 0.05) is 23.7 Å². The summed E-state index contributed by atoms with van der Waals surface area (Å²) in [4.78, 5) is 8.64. The molecule has 0 aliphatic heterocycles. The Labute approximate surface area is 111 Å². The maximum absolute atomic E-state index is 5.99. The Morgan fingerprint density at radius 1 is 1.28 bits per heavy atom. The van der Waals surface area contributed by atoms with Gasteiger partial charge in [0.1, 0.15) is 16.8 Å². The quantitative estimate of drug-likeness (QED) is 0.834. The monoisotopic (exact) mass is 265 g/mol. The second kappa shape index (κ2) is 5.35. The molecule has 18 heavy (non-hydrogen) atoms. The highest BCUT2D eigenvalue weighted by Crippen LogP contribution is 2.21. The van der Waals surface area contributed by atoms with Crippen LogP contribution in [0, 0.1) is 0 Å². The largest absolute Gasteiger partial charge is 0.363 e. The molecule has 0 spiro atoms. The van der Waals surface area contributed by atoms with Crippen LogP contribution < -0.4 is 5.32 Å². The zero-order valence-corrected chi connectivity index (χ0v) is 11.4. The average molecular weight is 266 g/mol. The number of nitrogens with one attached hydrogen (secondary N) is 2. The lowest BCUT2D eigenvalue weighted by atomic mass is 10.2. The van der Waals surface area contributed by atoms with Crippen molar-refractivity contribution in [2.45, 2.75) is 32.7 Å². The highest BCUT2D eigenvalue weighted by molar-refractivity contribution is 6.29. The SMILES string of the molecule is CC(C)c1nc(Cl)cc(NC(C)c2cn[nH]c2)n1. The first-order chi connectivity index (χ1) is 8.56. The average Bonchev–Trinajstić information content (AvgIpc) is 2.81. The summed E-state index contributed by atoms with van der Waals surface area (Å²) in [5, 5.41) is 10.5. The van der Waals surface area contributed by atoms with Crippen molar-refractivity contribution in [3.05, 3.63) is 35.0 Å². The zero-order valence-electron chi connectivity index (χ0n) is 10.6. The third-order valence-corrected chi connectivity index (χ3v) is 2.81. The summed E-state index contributed by atoms with van der Waals surface area (Å²) in [6.07, 6.45) is 3.63. The lowest BCUT2D eigenvalue weighted by Crippen LogP contribution is -2.09. The van der Waals surface area contributed by atoms with E-state index >= 15 is 0 Å². The molecule has 2 aromatic heterocycles. The van der Waals surface area contributed by atoms with Gasteiger partial charge in [-0.2, -0.15) is 5.10 Å². The molecule has 1 atom stereocenters. The topological polar surface area (TPSA) is 66.5 Å². The number of H-pyrrole nitrogens is 1. The number of nitrogens with zero attached hydrogens (tertiary/aromatic N) is 3. The van der Waals surface area contributed by atoms with Crippen molar-refractivity contribution in [1.82, 2.24) is 20.2 Å². The minimum Gasteiger partial charge on any atom is -0.363 e. The molecule has 0 bridgehead atoms. The maximum atomic E-state index is 5.99. The molecule has 2 heterocycles. The standard InChI is InChI=1S/C12H16ClN5/c1-7(2)12-17-10(13)4-11(18-12)16-8(3)9-5-14-15-6-9/h4-8H,1-3H3,(H,14,15)(H,16,17,18). The summed E-state index contributed by atoms with van der Waals surface area (Å²) in [6.45, 7) is 6.11. The Kier molecular flexibility index (Phi) is 3.81. The lowest BCUT2D eigenvalue weighted by Gasteiger charge is -2.14. The van der Waals surface area contributed by atoms with Crippen LogP contribution >= 0.6 is 11.6 Å². The number of aromatic amines is 1. The number of aromatic nitrogens is 4. The van der Waals surface area contributed by atoms with Crippen molar-refractivity contribution >= 4 is 17.4 Å². The van der Waals surface area contributed by atoms with Crippen LogP contribution in [0.25, 0.3) is 0 Å². The van der Waals surface area contributed by atoms with Gasteiger partial charge in [0.15, 0.2) is 0 Å². The van der Waals surface area contributed by atoms with E-state index in [0.29, 0.717) is 5.15 Å². The van der Waals surface area contributed by atoms with Gasteiger partial charge in [-0.1, -0.05) is 25.4 Å². The molecule has 0 saturated heterocycles. The van der Waals surface area contributed by atoms with Crippen LogP contribution in [0.1, 0.15) is 44.1 Å². The van der Waals surface area contributed by atoms with Gasteiger partial charge in [0.05, 0.1) is 12.2 Å². The van der Waals surface area contributed by atoms with E-state index in [0.717, 1.165) is 17.2 Å². The molecule has 0 amide bonds. The minimum absolute atomic E-state index is 0.106. The van der Waals surface area contributed by atoms with Crippen molar-refractivity contribution in [2.24, 2.45) is 0 Å². The summed E-state index contributed by atoms with van der Waals surface area (Å²) >= 11 is 5.99. The summed E-state index contributed by atoms with van der Waals surface area (Å²) in [7, 11) is 0. The Bertz CT molecular complexity index is 509. The smallest absolute Gasteiger partial charge is 0.135 e. The molecule has 5 nitrogen and oxygen atoms in total. The molecule has 0 saturated carbocycles. The highest BCUT2D eigenvalue weighted by Gasteiger charge is 2.10. The number of hydrogen-bond donors (Lipinski definition) is 2. The summed E-state index contributed by atoms with van der Waals surface area (Å²) in [5.41, 5.74) is 1.07. The van der Waals surface area contributed by atoms with Gasteiger partial charge >= 0.3 is 0 Å². The first-order valence-electron chi connectivity index (χ1n) is 5.86. The van der Waals surface area contributed by atoms with Gasteiger partial charge in [0.25, 0.3) is 0 Å². The second-order valence-corrected chi connectivity index (χ2v) is 4.87. The van der Waals surface area contributed by atoms with Crippen molar-refractivity contribution in [2.75, 3.05) is 5.32 Å². The van der Waals surface area contributed by atoms with Crippen LogP contribution in [0.15, 0.2) is 18.5 Å². The van der Waals surface area contributed by atoms with Crippen LogP contribution in [0.2, 0.25) is 5.15 Å². The van der Waals surface area contributed by atoms with Crippen LogP contribution in [0.5, 0.6) is 0 Å². The van der Waals surface area contributed by atoms with E-state index in [9.17, 15) is 0 Å². The van der Waals surface area contributed by atoms with Gasteiger partial charge < -0.3 is 5.32 Å². The minimum atomic E-state index is 0.106. The van der Waals surface area contributed by atoms with Crippen molar-refractivity contribution in [1.29, 1.82) is 0 Å². The molecule has 0 fully saturated rings. The first-order valence-corrected chi connectivity index (χ1v) is 6.23. The Morgan fingerprint density at radius 3 is 2.67 bits per heavy atom. The van der Waals surface area contributed by atoms with Crippen molar-refractivity contribution in [3.8, 4) is 0 Å². The molecule has 0 aliphatic rings. The van der Waals surface area contributed by atoms with E-state index in [2.05, 4.69) is 25.5 Å². The van der Waals surface area contributed by atoms with Gasteiger partial charge in [-0.15, -0.1) is 0 Å². The summed E-state index contributed by atoms with van der Waals surface area (Å²) in [6, 6.07) is 1.83. The summed E-state index contributed by atoms with van der Waals surface area (Å²) < 4.78 is 0. The van der Waals surface area contributed by atoms with Gasteiger partial charge in [0.2, 0.25) is 0 Å². The lowest BCUT2D eigenvalue weighted by molar-refractivity contribution is 0.768. The molecule has 1 unspecified atom stereocenters. The van der Waals surface area contributed by atoms with E-state index in [1.54, 1.807) is 12.3 Å². The molecule has 6 heteroatoms. The molecular weight excluding hydrogens is 250 g/mol. The molecule has 0 aromatic carbocycles. The van der Waals surface area contributed by atoms with Gasteiger partial charge in [-0.05, 0) is 6.92 Å². The Hall–Kier alpha value is -1.62. The molecule has 0 aliphatic carbocycles. The zero-order chi connectivity index (χ0) is 13.1. The predicted octanol–water partition coefficient (Wildman–Crippen LogP) is 3.15. The fourth-order valence-corrected chi connectivity index (χ4v) is 1.76. The van der Waals surface area contributed by atoms with E-state index in [4.69, 9.17) is 11.6 Å². The molecule has 0 radical (unpaired) electrons. The summed E-state index contributed by atoms with van der Waals surface area (Å²) in [5.74, 6) is 1.71. The van der Waals surface area contributed by atoms with Crippen LogP contribution in [0.4, 0.5) is 5.82 Å². The number of rotatable bonds is 4. The van der Waals surface area contributed by atoms with Crippen LogP contribution in [0.3, 0.4) is 0 Å². The Balaban J connectivity index is 2.18. The first kappa shape index (κ1) is 12.8. The molecule has 2 N–H and O–H groups in total. The van der Waals surface area contributed by atoms with Gasteiger partial charge in [-0.25, -0.2) is 9.97 Å². The van der Waals surface area contributed by atoms with E-state index in [-0.39, 0.29) is 12.0 Å². The van der Waals surface area contributed by atoms with E-state index in [1.807, 2.05) is 27.0 Å². The number of anilines is 1. The molecule has 2 rings (SSSR count). The maximum Gasteiger partial charge on any atom is 0.135 e. The van der Waals surface area contributed by atoms with Gasteiger partial charge in [-0.3, -0.25) is 5.10 Å². The van der Waals surface area contributed by atoms with Crippen molar-refractivity contribution in [3.63, 3.8) is 0 Å². The molecule has 2 aromatic rings. The number of halogens is 1. The van der Waals surface area contributed by atoms with Crippen molar-refractivity contribution < 1.29 is 0 Å². The number of hydrogen-bond acceptors (Lipinski definition) is 4. The third-order valence-electron chi connectivity index (χ3n) is 2.61. The highest BCUT2D eigenvalue weighted by atomic mass is 35.5. The molecular formula is C12H16ClN5.